The van der Waals surface area contributed by atoms with E-state index in [4.69, 9.17) is 4.52 Å². The third-order valence-electron chi connectivity index (χ3n) is 3.56. The average molecular weight is 288 g/mol. The molecule has 1 heterocycles. The highest BCUT2D eigenvalue weighted by atomic mass is 19.3. The zero-order valence-corrected chi connectivity index (χ0v) is 12.6. The van der Waals surface area contributed by atoms with Gasteiger partial charge in [-0.1, -0.05) is 63.9 Å². The van der Waals surface area contributed by atoms with Crippen molar-refractivity contribution in [3.05, 3.63) is 11.7 Å². The molecule has 0 aliphatic heterocycles. The number of aromatic nitrogens is 2. The van der Waals surface area contributed by atoms with Crippen LogP contribution >= 0.6 is 0 Å². The number of hydrogen-bond donors (Lipinski definition) is 0. The zero-order valence-electron chi connectivity index (χ0n) is 12.6. The lowest BCUT2D eigenvalue weighted by Gasteiger charge is -2.12. The molecule has 0 aliphatic carbocycles. The van der Waals surface area contributed by atoms with E-state index < -0.39 is 12.2 Å². The van der Waals surface area contributed by atoms with Crippen molar-refractivity contribution >= 4 is 0 Å². The molecule has 116 valence electrons. The number of halogens is 2. The summed E-state index contributed by atoms with van der Waals surface area (Å²) < 4.78 is 30.1. The Morgan fingerprint density at radius 1 is 0.950 bits per heavy atom. The molecule has 0 saturated carbocycles. The second-order valence-corrected chi connectivity index (χ2v) is 5.33. The summed E-state index contributed by atoms with van der Waals surface area (Å²) in [6.07, 6.45) is 7.32. The Hall–Kier alpha value is -1.00. The first-order chi connectivity index (χ1) is 9.69. The van der Waals surface area contributed by atoms with Crippen molar-refractivity contribution in [2.75, 3.05) is 0 Å². The molecule has 0 aromatic carbocycles. The van der Waals surface area contributed by atoms with E-state index in [9.17, 15) is 8.78 Å². The van der Waals surface area contributed by atoms with Crippen molar-refractivity contribution in [2.24, 2.45) is 0 Å². The van der Waals surface area contributed by atoms with Gasteiger partial charge in [0.1, 0.15) is 0 Å². The molecule has 1 unspecified atom stereocenters. The minimum absolute atomic E-state index is 0.137. The van der Waals surface area contributed by atoms with Crippen LogP contribution in [-0.2, 0) is 0 Å². The summed E-state index contributed by atoms with van der Waals surface area (Å²) >= 11 is 0. The molecule has 1 atom stereocenters. The van der Waals surface area contributed by atoms with Crippen LogP contribution in [0.3, 0.4) is 0 Å². The highest BCUT2D eigenvalue weighted by Gasteiger charge is 2.22. The first-order valence-corrected chi connectivity index (χ1v) is 7.80. The topological polar surface area (TPSA) is 38.9 Å². The molecule has 0 spiro atoms. The lowest BCUT2D eigenvalue weighted by atomic mass is 9.94. The molecule has 0 fully saturated rings. The van der Waals surface area contributed by atoms with Crippen molar-refractivity contribution in [3.8, 4) is 0 Å². The van der Waals surface area contributed by atoms with Crippen LogP contribution < -0.4 is 0 Å². The summed E-state index contributed by atoms with van der Waals surface area (Å²) in [5, 5.41) is 3.37. The SMILES string of the molecule is CCCCCCC(CCCCC)c1nc(C(F)F)no1. The van der Waals surface area contributed by atoms with Crippen molar-refractivity contribution in [1.29, 1.82) is 0 Å². The Balaban J connectivity index is 2.54. The van der Waals surface area contributed by atoms with Gasteiger partial charge in [0.2, 0.25) is 11.7 Å². The molecule has 1 aromatic rings. The van der Waals surface area contributed by atoms with Crippen LogP contribution in [0, 0.1) is 0 Å². The van der Waals surface area contributed by atoms with Gasteiger partial charge in [-0.25, -0.2) is 8.78 Å². The molecule has 20 heavy (non-hydrogen) atoms. The van der Waals surface area contributed by atoms with Crippen molar-refractivity contribution in [3.63, 3.8) is 0 Å². The highest BCUT2D eigenvalue weighted by Crippen LogP contribution is 2.28. The average Bonchev–Trinajstić information content (AvgIpc) is 2.91. The summed E-state index contributed by atoms with van der Waals surface area (Å²) in [7, 11) is 0. The van der Waals surface area contributed by atoms with Crippen molar-refractivity contribution in [1.82, 2.24) is 10.1 Å². The smallest absolute Gasteiger partial charge is 0.300 e. The minimum atomic E-state index is -2.65. The van der Waals surface area contributed by atoms with Crippen LogP contribution in [0.2, 0.25) is 0 Å². The van der Waals surface area contributed by atoms with E-state index in [-0.39, 0.29) is 5.92 Å². The van der Waals surface area contributed by atoms with Gasteiger partial charge in [-0.05, 0) is 12.8 Å². The van der Waals surface area contributed by atoms with Crippen LogP contribution in [0.4, 0.5) is 8.78 Å². The van der Waals surface area contributed by atoms with E-state index in [2.05, 4.69) is 24.0 Å². The van der Waals surface area contributed by atoms with Gasteiger partial charge in [0.25, 0.3) is 0 Å². The second kappa shape index (κ2) is 9.83. The van der Waals surface area contributed by atoms with E-state index in [1.54, 1.807) is 0 Å². The van der Waals surface area contributed by atoms with E-state index in [1.807, 2.05) is 0 Å². The number of alkyl halides is 2. The van der Waals surface area contributed by atoms with E-state index in [0.29, 0.717) is 5.89 Å². The molecule has 0 saturated heterocycles. The van der Waals surface area contributed by atoms with Crippen LogP contribution in [0.15, 0.2) is 4.52 Å². The molecule has 1 aromatic heterocycles. The highest BCUT2D eigenvalue weighted by molar-refractivity contribution is 4.94. The molecule has 0 N–H and O–H groups in total. The summed E-state index contributed by atoms with van der Waals surface area (Å²) in [6, 6.07) is 0. The van der Waals surface area contributed by atoms with Crippen molar-refractivity contribution < 1.29 is 13.3 Å². The number of rotatable bonds is 11. The fraction of sp³-hybridized carbons (Fsp3) is 0.867. The summed E-state index contributed by atoms with van der Waals surface area (Å²) in [5.41, 5.74) is 0. The van der Waals surface area contributed by atoms with Crippen LogP contribution in [0.1, 0.15) is 95.7 Å². The fourth-order valence-corrected chi connectivity index (χ4v) is 2.35. The lowest BCUT2D eigenvalue weighted by Crippen LogP contribution is -2.01. The Bertz CT molecular complexity index is 355. The molecular weight excluding hydrogens is 262 g/mol. The van der Waals surface area contributed by atoms with Crippen molar-refractivity contribution in [2.45, 2.75) is 84.0 Å². The van der Waals surface area contributed by atoms with Gasteiger partial charge in [-0.2, -0.15) is 4.98 Å². The fourth-order valence-electron chi connectivity index (χ4n) is 2.35. The monoisotopic (exact) mass is 288 g/mol. The first kappa shape index (κ1) is 17.1. The van der Waals surface area contributed by atoms with E-state index in [1.165, 1.54) is 19.3 Å². The largest absolute Gasteiger partial charge is 0.339 e. The maximum absolute atomic E-state index is 12.5. The Morgan fingerprint density at radius 2 is 1.55 bits per heavy atom. The number of unbranched alkanes of at least 4 members (excludes halogenated alkanes) is 5. The number of nitrogens with zero attached hydrogens (tertiary/aromatic N) is 2. The molecule has 5 heteroatoms. The molecular formula is C15H26F2N2O. The minimum Gasteiger partial charge on any atom is -0.339 e. The van der Waals surface area contributed by atoms with Gasteiger partial charge in [0, 0.05) is 5.92 Å². The normalized spacial score (nSPS) is 13.1. The number of hydrogen-bond acceptors (Lipinski definition) is 3. The van der Waals surface area contributed by atoms with Gasteiger partial charge in [-0.15, -0.1) is 0 Å². The van der Waals surface area contributed by atoms with Gasteiger partial charge in [0.15, 0.2) is 0 Å². The predicted octanol–water partition coefficient (Wildman–Crippen LogP) is 5.64. The Morgan fingerprint density at radius 3 is 2.10 bits per heavy atom. The van der Waals surface area contributed by atoms with E-state index >= 15 is 0 Å². The predicted molar refractivity (Wildman–Crippen MR) is 74.9 cm³/mol. The maximum Gasteiger partial charge on any atom is 0.300 e. The third-order valence-corrected chi connectivity index (χ3v) is 3.56. The van der Waals surface area contributed by atoms with E-state index in [0.717, 1.165) is 38.5 Å². The molecule has 3 nitrogen and oxygen atoms in total. The van der Waals surface area contributed by atoms with Crippen LogP contribution in [0.25, 0.3) is 0 Å². The second-order valence-electron chi connectivity index (χ2n) is 5.33. The summed E-state index contributed by atoms with van der Waals surface area (Å²) in [5.74, 6) is 0.0559. The van der Waals surface area contributed by atoms with Crippen LogP contribution in [-0.4, -0.2) is 10.1 Å². The summed E-state index contributed by atoms with van der Waals surface area (Å²) in [6.45, 7) is 4.32. The van der Waals surface area contributed by atoms with Gasteiger partial charge in [-0.3, -0.25) is 0 Å². The Labute approximate surface area is 120 Å². The quantitative estimate of drug-likeness (QED) is 0.494. The van der Waals surface area contributed by atoms with Gasteiger partial charge in [0.05, 0.1) is 0 Å². The lowest BCUT2D eigenvalue weighted by molar-refractivity contribution is 0.136. The molecule has 0 bridgehead atoms. The first-order valence-electron chi connectivity index (χ1n) is 7.80. The molecule has 0 amide bonds. The molecule has 0 radical (unpaired) electrons. The van der Waals surface area contributed by atoms with Gasteiger partial charge < -0.3 is 4.52 Å². The third kappa shape index (κ3) is 5.97. The molecule has 1 rings (SSSR count). The summed E-state index contributed by atoms with van der Waals surface area (Å²) in [4.78, 5) is 3.86. The molecule has 0 aliphatic rings. The van der Waals surface area contributed by atoms with Gasteiger partial charge >= 0.3 is 6.43 Å². The van der Waals surface area contributed by atoms with Crippen LogP contribution in [0.5, 0.6) is 0 Å². The zero-order chi connectivity index (χ0) is 14.8. The standard InChI is InChI=1S/C15H26F2N2O/c1-3-5-7-9-11-12(10-8-6-4-2)15-18-14(13(16)17)19-20-15/h12-13H,3-11H2,1-2H3. The maximum atomic E-state index is 12.5. The Kier molecular flexibility index (Phi) is 8.38.